The minimum atomic E-state index is -0.382. The highest BCUT2D eigenvalue weighted by Crippen LogP contribution is 2.36. The van der Waals surface area contributed by atoms with Gasteiger partial charge >= 0.3 is 11.9 Å². The summed E-state index contributed by atoms with van der Waals surface area (Å²) in [6.07, 6.45) is 8.63. The van der Waals surface area contributed by atoms with E-state index in [-0.39, 0.29) is 36.5 Å². The maximum Gasteiger partial charge on any atom is 0.309 e. The van der Waals surface area contributed by atoms with Crippen molar-refractivity contribution in [2.75, 3.05) is 13.2 Å². The maximum atomic E-state index is 12.2. The fourth-order valence-electron chi connectivity index (χ4n) is 4.02. The first-order chi connectivity index (χ1) is 12.1. The Kier molecular flexibility index (Phi) is 6.70. The number of aliphatic hydroxyl groups excluding tert-OH is 1. The van der Waals surface area contributed by atoms with E-state index in [1.165, 1.54) is 0 Å². The molecule has 1 saturated heterocycles. The first-order valence-corrected chi connectivity index (χ1v) is 9.80. The van der Waals surface area contributed by atoms with Crippen molar-refractivity contribution in [3.63, 3.8) is 0 Å². The van der Waals surface area contributed by atoms with E-state index in [1.54, 1.807) is 0 Å². The third kappa shape index (κ3) is 5.68. The smallest absolute Gasteiger partial charge is 0.309 e. The average Bonchev–Trinajstić information content (AvgIpc) is 3.31. The Balaban J connectivity index is 1.26. The van der Waals surface area contributed by atoms with Crippen LogP contribution in [0.1, 0.15) is 64.2 Å². The van der Waals surface area contributed by atoms with Crippen LogP contribution in [0.3, 0.4) is 0 Å². The highest BCUT2D eigenvalue weighted by molar-refractivity contribution is 5.73. The van der Waals surface area contributed by atoms with Crippen molar-refractivity contribution in [1.29, 1.82) is 0 Å². The van der Waals surface area contributed by atoms with Crippen molar-refractivity contribution < 1.29 is 28.9 Å². The van der Waals surface area contributed by atoms with Crippen molar-refractivity contribution >= 4 is 11.9 Å². The summed E-state index contributed by atoms with van der Waals surface area (Å²) in [5.41, 5.74) is 0. The summed E-state index contributed by atoms with van der Waals surface area (Å²) in [6.45, 7) is 0.555. The molecule has 0 spiro atoms. The lowest BCUT2D eigenvalue weighted by atomic mass is 9.87. The van der Waals surface area contributed by atoms with Gasteiger partial charge in [0.2, 0.25) is 0 Å². The molecular weight excluding hydrogens is 324 g/mol. The van der Waals surface area contributed by atoms with Crippen LogP contribution in [0.25, 0.3) is 0 Å². The summed E-state index contributed by atoms with van der Waals surface area (Å²) in [5.74, 6) is -0.559. The maximum absolute atomic E-state index is 12.2. The number of esters is 2. The van der Waals surface area contributed by atoms with Gasteiger partial charge in [-0.2, -0.15) is 0 Å². The molecule has 1 aliphatic heterocycles. The number of hydrogen-bond donors (Lipinski definition) is 1. The van der Waals surface area contributed by atoms with E-state index in [0.717, 1.165) is 51.4 Å². The van der Waals surface area contributed by atoms with Crippen LogP contribution in [-0.4, -0.2) is 48.6 Å². The Hall–Kier alpha value is -1.14. The molecule has 0 aromatic heterocycles. The number of ether oxygens (including phenoxy) is 3. The lowest BCUT2D eigenvalue weighted by Gasteiger charge is -2.24. The predicted octanol–water partition coefficient (Wildman–Crippen LogP) is 2.36. The molecule has 5 unspecified atom stereocenters. The lowest BCUT2D eigenvalue weighted by molar-refractivity contribution is -0.153. The number of epoxide rings is 1. The minimum absolute atomic E-state index is 0.0172. The fraction of sp³-hybridized carbons (Fsp3) is 0.895. The van der Waals surface area contributed by atoms with Gasteiger partial charge in [-0.25, -0.2) is 0 Å². The highest BCUT2D eigenvalue weighted by Gasteiger charge is 2.40. The van der Waals surface area contributed by atoms with Crippen LogP contribution in [0.2, 0.25) is 0 Å². The van der Waals surface area contributed by atoms with Crippen LogP contribution in [0.15, 0.2) is 0 Å². The third-order valence-corrected chi connectivity index (χ3v) is 5.62. The predicted molar refractivity (Wildman–Crippen MR) is 89.7 cm³/mol. The topological polar surface area (TPSA) is 85.4 Å². The molecule has 1 heterocycles. The molecule has 1 N–H and O–H groups in total. The Bertz CT molecular complexity index is 465. The number of hydrogen-bond acceptors (Lipinski definition) is 6. The standard InChI is InChI=1S/C19H30O6/c20-15-6-1-5-14(12-15)19(22)24-11-3-10-23-18(21)13-4-2-7-16-17(25-16)9-8-13/h13-17,20H,1-12H2. The molecule has 5 atom stereocenters. The average molecular weight is 354 g/mol. The van der Waals surface area contributed by atoms with E-state index in [1.807, 2.05) is 0 Å². The van der Waals surface area contributed by atoms with Crippen LogP contribution in [0.5, 0.6) is 0 Å². The van der Waals surface area contributed by atoms with Gasteiger partial charge in [-0.1, -0.05) is 6.42 Å². The van der Waals surface area contributed by atoms with Crippen molar-refractivity contribution in [2.45, 2.75) is 82.5 Å². The number of carbonyl (C=O) groups is 2. The van der Waals surface area contributed by atoms with Gasteiger partial charge < -0.3 is 19.3 Å². The Morgan fingerprint density at radius 1 is 0.840 bits per heavy atom. The van der Waals surface area contributed by atoms with E-state index in [0.29, 0.717) is 31.7 Å². The second-order valence-corrected chi connectivity index (χ2v) is 7.62. The summed E-state index contributed by atoms with van der Waals surface area (Å²) < 4.78 is 16.2. The lowest BCUT2D eigenvalue weighted by Crippen LogP contribution is -2.27. The van der Waals surface area contributed by atoms with Gasteiger partial charge in [-0.05, 0) is 51.4 Å². The van der Waals surface area contributed by atoms with Gasteiger partial charge in [0.1, 0.15) is 0 Å². The largest absolute Gasteiger partial charge is 0.465 e. The molecule has 142 valence electrons. The molecule has 0 radical (unpaired) electrons. The molecule has 0 bridgehead atoms. The van der Waals surface area contributed by atoms with Crippen LogP contribution in [0.4, 0.5) is 0 Å². The first kappa shape index (κ1) is 18.6. The van der Waals surface area contributed by atoms with Crippen molar-refractivity contribution in [3.05, 3.63) is 0 Å². The van der Waals surface area contributed by atoms with E-state index in [9.17, 15) is 14.7 Å². The van der Waals surface area contributed by atoms with Crippen molar-refractivity contribution in [1.82, 2.24) is 0 Å². The summed E-state index contributed by atoms with van der Waals surface area (Å²) >= 11 is 0. The molecule has 3 rings (SSSR count). The van der Waals surface area contributed by atoms with Crippen molar-refractivity contribution in [3.8, 4) is 0 Å². The SMILES string of the molecule is O=C(OCCCOC(=O)C1CCCC(O)C1)C1CCCC2OC2CC1. The third-order valence-electron chi connectivity index (χ3n) is 5.62. The molecular formula is C19H30O6. The summed E-state index contributed by atoms with van der Waals surface area (Å²) in [4.78, 5) is 24.1. The molecule has 2 aliphatic carbocycles. The zero-order valence-electron chi connectivity index (χ0n) is 14.9. The summed E-state index contributed by atoms with van der Waals surface area (Å²) in [6, 6.07) is 0. The van der Waals surface area contributed by atoms with Gasteiger partial charge in [-0.15, -0.1) is 0 Å². The number of carbonyl (C=O) groups excluding carboxylic acids is 2. The van der Waals surface area contributed by atoms with E-state index >= 15 is 0 Å². The van der Waals surface area contributed by atoms with Gasteiger partial charge in [0, 0.05) is 6.42 Å². The molecule has 3 fully saturated rings. The minimum Gasteiger partial charge on any atom is -0.465 e. The Morgan fingerprint density at radius 2 is 1.48 bits per heavy atom. The van der Waals surface area contributed by atoms with Gasteiger partial charge in [0.25, 0.3) is 0 Å². The molecule has 6 nitrogen and oxygen atoms in total. The number of aliphatic hydroxyl groups is 1. The zero-order chi connectivity index (χ0) is 17.6. The molecule has 0 amide bonds. The van der Waals surface area contributed by atoms with E-state index < -0.39 is 0 Å². The summed E-state index contributed by atoms with van der Waals surface area (Å²) in [7, 11) is 0. The number of rotatable bonds is 6. The summed E-state index contributed by atoms with van der Waals surface area (Å²) in [5, 5.41) is 9.61. The van der Waals surface area contributed by atoms with E-state index in [4.69, 9.17) is 14.2 Å². The second kappa shape index (κ2) is 8.99. The van der Waals surface area contributed by atoms with Crippen LogP contribution in [0, 0.1) is 11.8 Å². The van der Waals surface area contributed by atoms with Crippen molar-refractivity contribution in [2.24, 2.45) is 11.8 Å². The molecule has 0 aromatic rings. The first-order valence-electron chi connectivity index (χ1n) is 9.80. The zero-order valence-corrected chi connectivity index (χ0v) is 14.9. The molecule has 3 aliphatic rings. The second-order valence-electron chi connectivity index (χ2n) is 7.62. The quantitative estimate of drug-likeness (QED) is 0.448. The molecule has 25 heavy (non-hydrogen) atoms. The van der Waals surface area contributed by atoms with Gasteiger partial charge in [0.15, 0.2) is 0 Å². The monoisotopic (exact) mass is 354 g/mol. The van der Waals surface area contributed by atoms with E-state index in [2.05, 4.69) is 0 Å². The Labute approximate surface area is 149 Å². The normalized spacial score (nSPS) is 35.0. The molecule has 0 aromatic carbocycles. The molecule has 2 saturated carbocycles. The number of fused-ring (bicyclic) bond motifs is 1. The van der Waals surface area contributed by atoms with Gasteiger partial charge in [-0.3, -0.25) is 9.59 Å². The van der Waals surface area contributed by atoms with Crippen LogP contribution < -0.4 is 0 Å². The highest BCUT2D eigenvalue weighted by atomic mass is 16.6. The van der Waals surface area contributed by atoms with Gasteiger partial charge in [0.05, 0.1) is 43.4 Å². The fourth-order valence-corrected chi connectivity index (χ4v) is 4.02. The Morgan fingerprint density at radius 3 is 2.24 bits per heavy atom. The molecule has 6 heteroatoms. The van der Waals surface area contributed by atoms with Crippen LogP contribution in [-0.2, 0) is 23.8 Å². The van der Waals surface area contributed by atoms with Crippen LogP contribution >= 0.6 is 0 Å².